The van der Waals surface area contributed by atoms with Gasteiger partial charge in [0.25, 0.3) is 0 Å². The summed E-state index contributed by atoms with van der Waals surface area (Å²) in [6, 6.07) is 4.56. The van der Waals surface area contributed by atoms with Crippen LogP contribution in [0.3, 0.4) is 0 Å². The predicted molar refractivity (Wildman–Crippen MR) is 51.4 cm³/mol. The molecule has 0 atom stereocenters. The molecule has 3 heteroatoms. The second kappa shape index (κ2) is 4.82. The molecule has 0 heterocycles. The number of anilines is 1. The standard InChI is InChI=1S/C10H14FNO/c1-2-12-10-7-9(11)4-3-8(10)5-6-13/h3-4,7,12-13H,2,5-6H2,1H3. The molecule has 1 aromatic rings. The van der Waals surface area contributed by atoms with E-state index in [4.69, 9.17) is 5.11 Å². The highest BCUT2D eigenvalue weighted by molar-refractivity contribution is 5.51. The molecule has 0 aliphatic carbocycles. The first kappa shape index (κ1) is 9.99. The maximum atomic E-state index is 12.8. The third-order valence-corrected chi connectivity index (χ3v) is 1.82. The first-order valence-corrected chi connectivity index (χ1v) is 4.41. The number of aliphatic hydroxyl groups excluding tert-OH is 1. The van der Waals surface area contributed by atoms with Crippen LogP contribution in [0.2, 0.25) is 0 Å². The fourth-order valence-corrected chi connectivity index (χ4v) is 1.24. The molecule has 0 fully saturated rings. The predicted octanol–water partition coefficient (Wildman–Crippen LogP) is 1.79. The topological polar surface area (TPSA) is 32.3 Å². The van der Waals surface area contributed by atoms with Crippen molar-refractivity contribution in [2.75, 3.05) is 18.5 Å². The van der Waals surface area contributed by atoms with E-state index < -0.39 is 0 Å². The van der Waals surface area contributed by atoms with E-state index in [0.717, 1.165) is 17.8 Å². The summed E-state index contributed by atoms with van der Waals surface area (Å²) in [5.41, 5.74) is 1.72. The van der Waals surface area contributed by atoms with E-state index in [2.05, 4.69) is 5.32 Å². The molecular formula is C10H14FNO. The van der Waals surface area contributed by atoms with Crippen LogP contribution >= 0.6 is 0 Å². The molecule has 0 saturated carbocycles. The van der Waals surface area contributed by atoms with Gasteiger partial charge in [0.05, 0.1) is 0 Å². The third kappa shape index (κ3) is 2.70. The van der Waals surface area contributed by atoms with Gasteiger partial charge in [0.15, 0.2) is 0 Å². The van der Waals surface area contributed by atoms with Crippen LogP contribution in [0.1, 0.15) is 12.5 Å². The normalized spacial score (nSPS) is 10.1. The van der Waals surface area contributed by atoms with Gasteiger partial charge in [0, 0.05) is 18.8 Å². The zero-order chi connectivity index (χ0) is 9.68. The summed E-state index contributed by atoms with van der Waals surface area (Å²) < 4.78 is 12.8. The minimum atomic E-state index is -0.252. The van der Waals surface area contributed by atoms with Gasteiger partial charge in [-0.15, -0.1) is 0 Å². The first-order chi connectivity index (χ1) is 6.27. The lowest BCUT2D eigenvalue weighted by molar-refractivity contribution is 0.299. The van der Waals surface area contributed by atoms with Crippen LogP contribution in [-0.4, -0.2) is 18.3 Å². The molecule has 13 heavy (non-hydrogen) atoms. The number of aliphatic hydroxyl groups is 1. The Hall–Kier alpha value is -1.09. The molecule has 0 spiro atoms. The average molecular weight is 183 g/mol. The summed E-state index contributed by atoms with van der Waals surface area (Å²) in [7, 11) is 0. The highest BCUT2D eigenvalue weighted by Crippen LogP contribution is 2.17. The van der Waals surface area contributed by atoms with Crippen molar-refractivity contribution >= 4 is 5.69 Å². The van der Waals surface area contributed by atoms with Gasteiger partial charge in [-0.1, -0.05) is 6.07 Å². The van der Waals surface area contributed by atoms with Gasteiger partial charge in [-0.05, 0) is 31.0 Å². The number of rotatable bonds is 4. The quantitative estimate of drug-likeness (QED) is 0.746. The minimum absolute atomic E-state index is 0.0873. The Morgan fingerprint density at radius 1 is 1.46 bits per heavy atom. The number of hydrogen-bond donors (Lipinski definition) is 2. The molecule has 0 aliphatic heterocycles. The summed E-state index contributed by atoms with van der Waals surface area (Å²) >= 11 is 0. The van der Waals surface area contributed by atoms with Gasteiger partial charge in [-0.25, -0.2) is 4.39 Å². The van der Waals surface area contributed by atoms with E-state index in [1.807, 2.05) is 6.92 Å². The minimum Gasteiger partial charge on any atom is -0.396 e. The Bertz CT molecular complexity index is 276. The highest BCUT2D eigenvalue weighted by Gasteiger charge is 2.01. The van der Waals surface area contributed by atoms with E-state index >= 15 is 0 Å². The van der Waals surface area contributed by atoms with Crippen LogP contribution in [0.5, 0.6) is 0 Å². The molecule has 0 amide bonds. The number of halogens is 1. The summed E-state index contributed by atoms with van der Waals surface area (Å²) in [5, 5.41) is 11.8. The molecule has 0 radical (unpaired) electrons. The summed E-state index contributed by atoms with van der Waals surface area (Å²) in [6.07, 6.45) is 0.558. The van der Waals surface area contributed by atoms with Gasteiger partial charge in [-0.3, -0.25) is 0 Å². The highest BCUT2D eigenvalue weighted by atomic mass is 19.1. The molecule has 2 nitrogen and oxygen atoms in total. The van der Waals surface area contributed by atoms with E-state index in [-0.39, 0.29) is 12.4 Å². The van der Waals surface area contributed by atoms with Crippen LogP contribution in [0.4, 0.5) is 10.1 Å². The Morgan fingerprint density at radius 3 is 2.85 bits per heavy atom. The summed E-state index contributed by atoms with van der Waals surface area (Å²) in [6.45, 7) is 2.79. The molecule has 0 aromatic heterocycles. The van der Waals surface area contributed by atoms with E-state index in [9.17, 15) is 4.39 Å². The third-order valence-electron chi connectivity index (χ3n) is 1.82. The van der Waals surface area contributed by atoms with Crippen molar-refractivity contribution in [2.45, 2.75) is 13.3 Å². The SMILES string of the molecule is CCNc1cc(F)ccc1CCO. The molecule has 2 N–H and O–H groups in total. The number of hydrogen-bond acceptors (Lipinski definition) is 2. The molecule has 1 rings (SSSR count). The van der Waals surface area contributed by atoms with Crippen molar-refractivity contribution < 1.29 is 9.50 Å². The Kier molecular flexibility index (Phi) is 3.71. The van der Waals surface area contributed by atoms with E-state index in [1.165, 1.54) is 12.1 Å². The number of benzene rings is 1. The van der Waals surface area contributed by atoms with Crippen molar-refractivity contribution in [3.8, 4) is 0 Å². The second-order valence-electron chi connectivity index (χ2n) is 2.81. The van der Waals surface area contributed by atoms with Crippen molar-refractivity contribution in [1.82, 2.24) is 0 Å². The van der Waals surface area contributed by atoms with Crippen molar-refractivity contribution in [2.24, 2.45) is 0 Å². The summed E-state index contributed by atoms with van der Waals surface area (Å²) in [5.74, 6) is -0.252. The zero-order valence-corrected chi connectivity index (χ0v) is 7.68. The molecular weight excluding hydrogens is 169 g/mol. The Labute approximate surface area is 77.4 Å². The van der Waals surface area contributed by atoms with Crippen LogP contribution in [0.25, 0.3) is 0 Å². The average Bonchev–Trinajstić information content (AvgIpc) is 2.10. The zero-order valence-electron chi connectivity index (χ0n) is 7.68. The van der Waals surface area contributed by atoms with E-state index in [0.29, 0.717) is 6.42 Å². The van der Waals surface area contributed by atoms with Crippen LogP contribution in [0, 0.1) is 5.82 Å². The van der Waals surface area contributed by atoms with Crippen LogP contribution in [0.15, 0.2) is 18.2 Å². The fourth-order valence-electron chi connectivity index (χ4n) is 1.24. The number of nitrogens with one attached hydrogen (secondary N) is 1. The van der Waals surface area contributed by atoms with Gasteiger partial charge in [-0.2, -0.15) is 0 Å². The molecule has 0 bridgehead atoms. The van der Waals surface area contributed by atoms with Crippen LogP contribution in [-0.2, 0) is 6.42 Å². The largest absolute Gasteiger partial charge is 0.396 e. The van der Waals surface area contributed by atoms with Gasteiger partial charge >= 0.3 is 0 Å². The molecule has 0 aliphatic rings. The van der Waals surface area contributed by atoms with Crippen molar-refractivity contribution in [3.05, 3.63) is 29.6 Å². The smallest absolute Gasteiger partial charge is 0.125 e. The van der Waals surface area contributed by atoms with Crippen molar-refractivity contribution in [1.29, 1.82) is 0 Å². The molecule has 0 unspecified atom stereocenters. The lowest BCUT2D eigenvalue weighted by atomic mass is 10.1. The fraction of sp³-hybridized carbons (Fsp3) is 0.400. The van der Waals surface area contributed by atoms with Gasteiger partial charge < -0.3 is 10.4 Å². The Morgan fingerprint density at radius 2 is 2.23 bits per heavy atom. The lowest BCUT2D eigenvalue weighted by Crippen LogP contribution is -2.02. The van der Waals surface area contributed by atoms with Gasteiger partial charge in [0.1, 0.15) is 5.82 Å². The van der Waals surface area contributed by atoms with Crippen molar-refractivity contribution in [3.63, 3.8) is 0 Å². The maximum absolute atomic E-state index is 12.8. The molecule has 1 aromatic carbocycles. The molecule has 72 valence electrons. The Balaban J connectivity index is 2.89. The lowest BCUT2D eigenvalue weighted by Gasteiger charge is -2.09. The van der Waals surface area contributed by atoms with Crippen LogP contribution < -0.4 is 5.32 Å². The first-order valence-electron chi connectivity index (χ1n) is 4.41. The van der Waals surface area contributed by atoms with Gasteiger partial charge in [0.2, 0.25) is 0 Å². The molecule has 0 saturated heterocycles. The monoisotopic (exact) mass is 183 g/mol. The second-order valence-corrected chi connectivity index (χ2v) is 2.81. The van der Waals surface area contributed by atoms with E-state index in [1.54, 1.807) is 6.07 Å². The maximum Gasteiger partial charge on any atom is 0.125 e. The summed E-state index contributed by atoms with van der Waals surface area (Å²) in [4.78, 5) is 0.